The number of aliphatic imine (C=N–C) groups is 1. The molecular formula is C17H28IN5O3S. The van der Waals surface area contributed by atoms with Crippen LogP contribution in [0.2, 0.25) is 0 Å². The third-order valence-electron chi connectivity index (χ3n) is 4.37. The van der Waals surface area contributed by atoms with Crippen LogP contribution in [0.15, 0.2) is 23.3 Å². The molecule has 0 aromatic carbocycles. The largest absolute Gasteiger partial charge is 0.356 e. The number of hydrogen-bond donors (Lipinski definition) is 2. The van der Waals surface area contributed by atoms with E-state index in [0.29, 0.717) is 31.4 Å². The Labute approximate surface area is 178 Å². The Morgan fingerprint density at radius 2 is 2.07 bits per heavy atom. The lowest BCUT2D eigenvalue weighted by Crippen LogP contribution is -2.57. The van der Waals surface area contributed by atoms with Crippen molar-refractivity contribution >= 4 is 51.5 Å². The molecule has 1 aromatic rings. The number of carbonyl (C=O) groups excluding carboxylic acids is 1. The van der Waals surface area contributed by atoms with E-state index in [1.54, 1.807) is 33.2 Å². The third kappa shape index (κ3) is 6.30. The van der Waals surface area contributed by atoms with Crippen LogP contribution >= 0.6 is 24.0 Å². The molecule has 0 spiro atoms. The maximum Gasteiger partial charge on any atom is 0.227 e. The van der Waals surface area contributed by atoms with E-state index in [1.165, 1.54) is 0 Å². The minimum atomic E-state index is -3.10. The summed E-state index contributed by atoms with van der Waals surface area (Å²) in [6.45, 7) is 6.54. The Balaban J connectivity index is 0.00000364. The van der Waals surface area contributed by atoms with Gasteiger partial charge in [-0.3, -0.25) is 9.79 Å². The van der Waals surface area contributed by atoms with Crippen molar-refractivity contribution in [2.75, 3.05) is 37.8 Å². The lowest BCUT2D eigenvalue weighted by atomic mass is 10.2. The van der Waals surface area contributed by atoms with Gasteiger partial charge in [-0.2, -0.15) is 0 Å². The van der Waals surface area contributed by atoms with Crippen LogP contribution < -0.4 is 10.6 Å². The van der Waals surface area contributed by atoms with Crippen molar-refractivity contribution in [3.63, 3.8) is 0 Å². The zero-order valence-electron chi connectivity index (χ0n) is 16.2. The molecule has 27 heavy (non-hydrogen) atoms. The normalized spacial score (nSPS) is 18.4. The fourth-order valence-corrected chi connectivity index (χ4v) is 4.06. The van der Waals surface area contributed by atoms with Gasteiger partial charge in [-0.05, 0) is 32.4 Å². The molecule has 0 saturated carbocycles. The molecule has 0 radical (unpaired) electrons. The van der Waals surface area contributed by atoms with Crippen molar-refractivity contribution in [3.8, 4) is 0 Å². The van der Waals surface area contributed by atoms with Crippen LogP contribution in [0.5, 0.6) is 0 Å². The number of halogens is 1. The van der Waals surface area contributed by atoms with E-state index in [0.717, 1.165) is 5.56 Å². The molecular weight excluding hydrogens is 481 g/mol. The molecule has 1 aliphatic heterocycles. The van der Waals surface area contributed by atoms with Gasteiger partial charge in [0.25, 0.3) is 0 Å². The van der Waals surface area contributed by atoms with Gasteiger partial charge in [-0.1, -0.05) is 6.07 Å². The minimum absolute atomic E-state index is 0. The van der Waals surface area contributed by atoms with Crippen LogP contribution in [-0.2, 0) is 14.6 Å². The van der Waals surface area contributed by atoms with E-state index in [2.05, 4.69) is 20.6 Å². The number of hydrogen-bond acceptors (Lipinski definition) is 5. The van der Waals surface area contributed by atoms with Gasteiger partial charge >= 0.3 is 0 Å². The Bertz CT molecular complexity index is 778. The fraction of sp³-hybridized carbons (Fsp3) is 0.588. The summed E-state index contributed by atoms with van der Waals surface area (Å²) < 4.78 is 23.4. The second kappa shape index (κ2) is 9.67. The van der Waals surface area contributed by atoms with Crippen molar-refractivity contribution in [1.82, 2.24) is 15.2 Å². The van der Waals surface area contributed by atoms with Gasteiger partial charge < -0.3 is 15.5 Å². The lowest BCUT2D eigenvalue weighted by molar-refractivity contribution is -0.116. The van der Waals surface area contributed by atoms with Crippen LogP contribution in [0.3, 0.4) is 0 Å². The van der Waals surface area contributed by atoms with Crippen LogP contribution in [-0.4, -0.2) is 67.4 Å². The lowest BCUT2D eigenvalue weighted by Gasteiger charge is -2.39. The summed E-state index contributed by atoms with van der Waals surface area (Å²) in [7, 11) is -1.46. The zero-order chi connectivity index (χ0) is 19.4. The SMILES string of the molecule is CN=C(NCCC(=O)Nc1ccc(C)cn1)N1CCS(=O)(=O)C(C)(C)C1.I. The smallest absolute Gasteiger partial charge is 0.227 e. The quantitative estimate of drug-likeness (QED) is 0.362. The Kier molecular flexibility index (Phi) is 8.46. The van der Waals surface area contributed by atoms with E-state index < -0.39 is 14.6 Å². The third-order valence-corrected chi connectivity index (χ3v) is 6.90. The molecule has 1 aromatic heterocycles. The Morgan fingerprint density at radius 1 is 1.37 bits per heavy atom. The number of guanidine groups is 1. The summed E-state index contributed by atoms with van der Waals surface area (Å²) in [5, 5.41) is 5.87. The van der Waals surface area contributed by atoms with Gasteiger partial charge in [0, 0.05) is 39.3 Å². The molecule has 2 rings (SSSR count). The molecule has 2 N–H and O–H groups in total. The second-order valence-corrected chi connectivity index (χ2v) is 9.74. The van der Waals surface area contributed by atoms with Crippen LogP contribution in [0.25, 0.3) is 0 Å². The van der Waals surface area contributed by atoms with Crippen LogP contribution in [0, 0.1) is 6.92 Å². The highest BCUT2D eigenvalue weighted by Gasteiger charge is 2.40. The van der Waals surface area contributed by atoms with Crippen LogP contribution in [0.1, 0.15) is 25.8 Å². The standard InChI is InChI=1S/C17H27N5O3S.HI/c1-13-5-6-14(20-11-13)21-15(23)7-8-19-16(18-4)22-9-10-26(24,25)17(2,3)12-22;/h5-6,11H,7-10,12H2,1-4H3,(H,18,19)(H,20,21,23);1H. The van der Waals surface area contributed by atoms with Crippen molar-refractivity contribution in [3.05, 3.63) is 23.9 Å². The number of aryl methyl sites for hydroxylation is 1. The number of amides is 1. The monoisotopic (exact) mass is 509 g/mol. The topological polar surface area (TPSA) is 104 Å². The first-order chi connectivity index (χ1) is 12.1. The Morgan fingerprint density at radius 3 is 2.63 bits per heavy atom. The number of pyridine rings is 1. The predicted octanol–water partition coefficient (Wildman–Crippen LogP) is 1.42. The van der Waals surface area contributed by atoms with E-state index in [-0.39, 0.29) is 42.1 Å². The summed E-state index contributed by atoms with van der Waals surface area (Å²) in [5.41, 5.74) is 1.03. The average molecular weight is 509 g/mol. The van der Waals surface area contributed by atoms with Crippen molar-refractivity contribution < 1.29 is 13.2 Å². The Hall–Kier alpha value is -1.43. The first-order valence-corrected chi connectivity index (χ1v) is 10.2. The highest BCUT2D eigenvalue weighted by molar-refractivity contribution is 14.0. The fourth-order valence-electron chi connectivity index (χ4n) is 2.69. The predicted molar refractivity (Wildman–Crippen MR) is 118 cm³/mol. The second-order valence-electron chi connectivity index (χ2n) is 6.99. The number of carbonyl (C=O) groups is 1. The molecule has 0 aliphatic carbocycles. The number of rotatable bonds is 4. The first-order valence-electron chi connectivity index (χ1n) is 8.55. The highest BCUT2D eigenvalue weighted by atomic mass is 127. The summed E-state index contributed by atoms with van der Waals surface area (Å²) in [4.78, 5) is 22.3. The van der Waals surface area contributed by atoms with Crippen molar-refractivity contribution in [2.45, 2.75) is 31.9 Å². The number of nitrogens with zero attached hydrogens (tertiary/aromatic N) is 3. The van der Waals surface area contributed by atoms with Gasteiger partial charge in [0.05, 0.1) is 10.5 Å². The van der Waals surface area contributed by atoms with Gasteiger partial charge in [-0.25, -0.2) is 13.4 Å². The molecule has 8 nitrogen and oxygen atoms in total. The van der Waals surface area contributed by atoms with Crippen molar-refractivity contribution in [2.24, 2.45) is 4.99 Å². The van der Waals surface area contributed by atoms with E-state index in [4.69, 9.17) is 0 Å². The molecule has 1 aliphatic rings. The molecule has 0 unspecified atom stereocenters. The summed E-state index contributed by atoms with van der Waals surface area (Å²) in [6, 6.07) is 3.64. The number of aromatic nitrogens is 1. The molecule has 152 valence electrons. The number of nitrogens with one attached hydrogen (secondary N) is 2. The van der Waals surface area contributed by atoms with E-state index >= 15 is 0 Å². The molecule has 2 heterocycles. The summed E-state index contributed by atoms with van der Waals surface area (Å²) in [5.74, 6) is 1.08. The van der Waals surface area contributed by atoms with E-state index in [9.17, 15) is 13.2 Å². The highest BCUT2D eigenvalue weighted by Crippen LogP contribution is 2.23. The molecule has 1 fully saturated rings. The molecule has 0 bridgehead atoms. The molecule has 10 heteroatoms. The number of sulfone groups is 1. The number of anilines is 1. The zero-order valence-corrected chi connectivity index (χ0v) is 19.3. The first kappa shape index (κ1) is 23.6. The minimum Gasteiger partial charge on any atom is -0.356 e. The van der Waals surface area contributed by atoms with Gasteiger partial charge in [0.15, 0.2) is 15.8 Å². The maximum absolute atomic E-state index is 12.1. The van der Waals surface area contributed by atoms with Crippen LogP contribution in [0.4, 0.5) is 5.82 Å². The molecule has 1 amide bonds. The van der Waals surface area contributed by atoms with Gasteiger partial charge in [-0.15, -0.1) is 24.0 Å². The van der Waals surface area contributed by atoms with Gasteiger partial charge in [0.1, 0.15) is 5.82 Å². The van der Waals surface area contributed by atoms with E-state index in [1.807, 2.05) is 17.9 Å². The average Bonchev–Trinajstić information content (AvgIpc) is 2.56. The van der Waals surface area contributed by atoms with Gasteiger partial charge in [0.2, 0.25) is 5.91 Å². The molecule has 1 saturated heterocycles. The van der Waals surface area contributed by atoms with Crippen molar-refractivity contribution in [1.29, 1.82) is 0 Å². The summed E-state index contributed by atoms with van der Waals surface area (Å²) in [6.07, 6.45) is 1.95. The molecule has 0 atom stereocenters. The maximum atomic E-state index is 12.1. The summed E-state index contributed by atoms with van der Waals surface area (Å²) >= 11 is 0.